The van der Waals surface area contributed by atoms with E-state index >= 15 is 0 Å². The molecule has 154 valence electrons. The number of anilines is 1. The van der Waals surface area contributed by atoms with Gasteiger partial charge in [0.05, 0.1) is 35.1 Å². The van der Waals surface area contributed by atoms with E-state index in [0.29, 0.717) is 36.0 Å². The highest BCUT2D eigenvalue weighted by molar-refractivity contribution is 14.1. The summed E-state index contributed by atoms with van der Waals surface area (Å²) >= 11 is 14.1. The largest absolute Gasteiger partial charge is 0.379 e. The van der Waals surface area contributed by atoms with Gasteiger partial charge in [0.15, 0.2) is 0 Å². The molecule has 0 radical (unpaired) electrons. The van der Waals surface area contributed by atoms with Crippen LogP contribution in [-0.4, -0.2) is 56.1 Å². The first-order chi connectivity index (χ1) is 13.9. The van der Waals surface area contributed by atoms with Crippen molar-refractivity contribution in [3.63, 3.8) is 0 Å². The zero-order chi connectivity index (χ0) is 20.8. The lowest BCUT2D eigenvalue weighted by molar-refractivity contribution is 0.0383. The normalized spacial score (nSPS) is 14.4. The number of amides is 2. The zero-order valence-corrected chi connectivity index (χ0v) is 19.2. The van der Waals surface area contributed by atoms with Crippen LogP contribution in [0.1, 0.15) is 20.7 Å². The van der Waals surface area contributed by atoms with E-state index in [4.69, 9.17) is 27.9 Å². The molecule has 9 heteroatoms. The van der Waals surface area contributed by atoms with Gasteiger partial charge < -0.3 is 15.4 Å². The maximum Gasteiger partial charge on any atom is 0.257 e. The number of nitrogens with one attached hydrogen (secondary N) is 2. The summed E-state index contributed by atoms with van der Waals surface area (Å²) in [5.41, 5.74) is 1.11. The fourth-order valence-corrected chi connectivity index (χ4v) is 3.91. The fraction of sp³-hybridized carbons (Fsp3) is 0.300. The summed E-state index contributed by atoms with van der Waals surface area (Å²) in [5, 5.41) is 6.40. The van der Waals surface area contributed by atoms with Gasteiger partial charge in [0.1, 0.15) is 0 Å². The molecule has 0 aliphatic carbocycles. The number of rotatable bonds is 6. The second-order valence-electron chi connectivity index (χ2n) is 6.48. The molecule has 0 aromatic heterocycles. The molecule has 0 unspecified atom stereocenters. The summed E-state index contributed by atoms with van der Waals surface area (Å²) in [5.74, 6) is -0.649. The molecule has 2 amide bonds. The van der Waals surface area contributed by atoms with Crippen LogP contribution in [0.25, 0.3) is 0 Å². The Kier molecular flexibility index (Phi) is 8.14. The topological polar surface area (TPSA) is 70.7 Å². The molecule has 0 saturated carbocycles. The van der Waals surface area contributed by atoms with Crippen molar-refractivity contribution < 1.29 is 14.3 Å². The molecule has 1 saturated heterocycles. The number of carbonyl (C=O) groups is 2. The third-order valence-electron chi connectivity index (χ3n) is 4.47. The lowest BCUT2D eigenvalue weighted by Gasteiger charge is -2.26. The number of ether oxygens (including phenoxy) is 1. The van der Waals surface area contributed by atoms with Crippen LogP contribution in [-0.2, 0) is 4.74 Å². The van der Waals surface area contributed by atoms with E-state index in [2.05, 4.69) is 38.1 Å². The smallest absolute Gasteiger partial charge is 0.257 e. The number of nitrogens with zero attached hydrogens (tertiary/aromatic N) is 1. The van der Waals surface area contributed by atoms with Crippen molar-refractivity contribution in [2.75, 3.05) is 44.7 Å². The van der Waals surface area contributed by atoms with Gasteiger partial charge in [0.25, 0.3) is 11.8 Å². The summed E-state index contributed by atoms with van der Waals surface area (Å²) in [6.07, 6.45) is 0. The Labute approximate surface area is 193 Å². The summed E-state index contributed by atoms with van der Waals surface area (Å²) < 4.78 is 6.22. The Morgan fingerprint density at radius 3 is 2.52 bits per heavy atom. The van der Waals surface area contributed by atoms with Gasteiger partial charge in [-0.25, -0.2) is 0 Å². The molecule has 0 atom stereocenters. The second kappa shape index (κ2) is 10.6. The first-order valence-corrected chi connectivity index (χ1v) is 10.9. The van der Waals surface area contributed by atoms with E-state index < -0.39 is 5.91 Å². The Bertz CT molecular complexity index is 905. The van der Waals surface area contributed by atoms with Crippen LogP contribution in [0.3, 0.4) is 0 Å². The minimum atomic E-state index is -0.407. The zero-order valence-electron chi connectivity index (χ0n) is 15.5. The molecule has 0 bridgehead atoms. The van der Waals surface area contributed by atoms with Crippen molar-refractivity contribution >= 4 is 63.3 Å². The lowest BCUT2D eigenvalue weighted by Crippen LogP contribution is -2.41. The molecular weight excluding hydrogens is 528 g/mol. The average Bonchev–Trinajstić information content (AvgIpc) is 2.70. The van der Waals surface area contributed by atoms with E-state index in [1.165, 1.54) is 6.07 Å². The highest BCUT2D eigenvalue weighted by atomic mass is 127. The van der Waals surface area contributed by atoms with Crippen LogP contribution in [0.5, 0.6) is 0 Å². The van der Waals surface area contributed by atoms with Gasteiger partial charge in [0, 0.05) is 34.8 Å². The minimum absolute atomic E-state index is 0.241. The van der Waals surface area contributed by atoms with Gasteiger partial charge in [-0.05, 0) is 59.0 Å². The SMILES string of the molecule is O=C(Nc1ccc(I)cc1C(=O)NCCN1CCOCC1)c1ccc(Cl)cc1Cl. The number of morpholine rings is 1. The number of carbonyl (C=O) groups excluding carboxylic acids is 2. The van der Waals surface area contributed by atoms with E-state index in [1.807, 2.05) is 6.07 Å². The Balaban J connectivity index is 1.68. The molecule has 29 heavy (non-hydrogen) atoms. The van der Waals surface area contributed by atoms with Crippen molar-refractivity contribution in [2.24, 2.45) is 0 Å². The molecule has 0 spiro atoms. The van der Waals surface area contributed by atoms with Gasteiger partial charge in [-0.2, -0.15) is 0 Å². The first kappa shape index (κ1) is 22.3. The molecule has 1 aliphatic rings. The van der Waals surface area contributed by atoms with Crippen molar-refractivity contribution in [3.8, 4) is 0 Å². The predicted molar refractivity (Wildman–Crippen MR) is 123 cm³/mol. The lowest BCUT2D eigenvalue weighted by atomic mass is 10.1. The molecule has 2 aromatic rings. The van der Waals surface area contributed by atoms with Crippen LogP contribution in [0.2, 0.25) is 10.0 Å². The Morgan fingerprint density at radius 2 is 1.79 bits per heavy atom. The highest BCUT2D eigenvalue weighted by Gasteiger charge is 2.17. The third kappa shape index (κ3) is 6.29. The van der Waals surface area contributed by atoms with Gasteiger partial charge in [0.2, 0.25) is 0 Å². The van der Waals surface area contributed by atoms with Crippen molar-refractivity contribution in [3.05, 3.63) is 61.1 Å². The molecule has 3 rings (SSSR count). The van der Waals surface area contributed by atoms with Gasteiger partial charge >= 0.3 is 0 Å². The fourth-order valence-electron chi connectivity index (χ4n) is 2.92. The summed E-state index contributed by atoms with van der Waals surface area (Å²) in [6.45, 7) is 4.43. The van der Waals surface area contributed by atoms with Crippen LogP contribution in [0.15, 0.2) is 36.4 Å². The van der Waals surface area contributed by atoms with Crippen LogP contribution >= 0.6 is 45.8 Å². The molecular formula is C20H20Cl2IN3O3. The Morgan fingerprint density at radius 1 is 1.03 bits per heavy atom. The monoisotopic (exact) mass is 547 g/mol. The number of hydrogen-bond donors (Lipinski definition) is 2. The quantitative estimate of drug-likeness (QED) is 0.538. The summed E-state index contributed by atoms with van der Waals surface area (Å²) in [4.78, 5) is 27.6. The van der Waals surface area contributed by atoms with Crippen LogP contribution in [0, 0.1) is 3.57 Å². The molecule has 2 aromatic carbocycles. The predicted octanol–water partition coefficient (Wildman–Crippen LogP) is 3.91. The number of halogens is 3. The standard InChI is InChI=1S/C20H20Cl2IN3O3/c21-13-1-3-15(17(22)11-13)20(28)25-18-4-2-14(23)12-16(18)19(27)24-5-6-26-7-9-29-10-8-26/h1-4,11-12H,5-10H2,(H,24,27)(H,25,28). The highest BCUT2D eigenvalue weighted by Crippen LogP contribution is 2.24. The molecule has 1 fully saturated rings. The van der Waals surface area contributed by atoms with Crippen molar-refractivity contribution in [1.29, 1.82) is 0 Å². The third-order valence-corrected chi connectivity index (χ3v) is 5.69. The number of benzene rings is 2. The average molecular weight is 548 g/mol. The van der Waals surface area contributed by atoms with Crippen LogP contribution < -0.4 is 10.6 Å². The maximum absolute atomic E-state index is 12.7. The van der Waals surface area contributed by atoms with Gasteiger partial charge in [-0.1, -0.05) is 23.2 Å². The van der Waals surface area contributed by atoms with Crippen molar-refractivity contribution in [1.82, 2.24) is 10.2 Å². The van der Waals surface area contributed by atoms with E-state index in [-0.39, 0.29) is 16.5 Å². The first-order valence-electron chi connectivity index (χ1n) is 9.08. The molecule has 6 nitrogen and oxygen atoms in total. The Hall–Kier alpha value is -1.39. The second-order valence-corrected chi connectivity index (χ2v) is 8.57. The van der Waals surface area contributed by atoms with E-state index in [1.54, 1.807) is 24.3 Å². The molecule has 2 N–H and O–H groups in total. The summed E-state index contributed by atoms with van der Waals surface area (Å²) in [6, 6.07) is 9.92. The van der Waals surface area contributed by atoms with Gasteiger partial charge in [-0.3, -0.25) is 14.5 Å². The van der Waals surface area contributed by atoms with Crippen LogP contribution in [0.4, 0.5) is 5.69 Å². The maximum atomic E-state index is 12.7. The van der Waals surface area contributed by atoms with Crippen molar-refractivity contribution in [2.45, 2.75) is 0 Å². The minimum Gasteiger partial charge on any atom is -0.379 e. The summed E-state index contributed by atoms with van der Waals surface area (Å²) in [7, 11) is 0. The molecule has 1 aliphatic heterocycles. The van der Waals surface area contributed by atoms with E-state index in [9.17, 15) is 9.59 Å². The number of hydrogen-bond acceptors (Lipinski definition) is 4. The van der Waals surface area contributed by atoms with E-state index in [0.717, 1.165) is 23.2 Å². The van der Waals surface area contributed by atoms with Gasteiger partial charge in [-0.15, -0.1) is 0 Å². The molecule has 1 heterocycles.